The molecule has 0 N–H and O–H groups in total. The number of anilines is 2. The molecule has 4 aromatic rings. The van der Waals surface area contributed by atoms with Gasteiger partial charge in [0.15, 0.2) is 6.10 Å². The summed E-state index contributed by atoms with van der Waals surface area (Å²) in [6.07, 6.45) is -1.04. The summed E-state index contributed by atoms with van der Waals surface area (Å²) in [6, 6.07) is 34.9. The van der Waals surface area contributed by atoms with E-state index >= 15 is 0 Å². The SMILES string of the molecule is O=C1[C@@H]2ON(c3ccccc3)[C@H](c3ccccc3)[C@]2(c2ccccc2)C(=O)N1c1ccc(Cl)cc1. The van der Waals surface area contributed by atoms with Crippen LogP contribution in [0.5, 0.6) is 0 Å². The van der Waals surface area contributed by atoms with Gasteiger partial charge in [0.1, 0.15) is 11.5 Å². The number of rotatable bonds is 4. The van der Waals surface area contributed by atoms with Crippen molar-refractivity contribution in [2.45, 2.75) is 17.6 Å². The van der Waals surface area contributed by atoms with Gasteiger partial charge in [-0.15, -0.1) is 0 Å². The molecule has 0 unspecified atom stereocenters. The van der Waals surface area contributed by atoms with Gasteiger partial charge in [-0.3, -0.25) is 14.4 Å². The second-order valence-corrected chi connectivity index (χ2v) is 9.09. The topological polar surface area (TPSA) is 49.9 Å². The van der Waals surface area contributed by atoms with Crippen LogP contribution in [0.15, 0.2) is 115 Å². The summed E-state index contributed by atoms with van der Waals surface area (Å²) in [5.41, 5.74) is 1.55. The van der Waals surface area contributed by atoms with E-state index in [1.54, 1.807) is 29.3 Å². The van der Waals surface area contributed by atoms with Crippen LogP contribution in [0.4, 0.5) is 11.4 Å². The first-order valence-corrected chi connectivity index (χ1v) is 11.8. The number of carbonyl (C=O) groups is 2. The summed E-state index contributed by atoms with van der Waals surface area (Å²) in [4.78, 5) is 36.2. The lowest BCUT2D eigenvalue weighted by Crippen LogP contribution is -2.46. The number of fused-ring (bicyclic) bond motifs is 1. The average Bonchev–Trinajstić information content (AvgIpc) is 3.38. The van der Waals surface area contributed by atoms with Gasteiger partial charge in [0.25, 0.3) is 5.91 Å². The van der Waals surface area contributed by atoms with E-state index in [0.717, 1.165) is 16.8 Å². The molecule has 4 aromatic carbocycles. The number of imide groups is 1. The van der Waals surface area contributed by atoms with E-state index in [1.807, 2.05) is 91.0 Å². The molecule has 0 aromatic heterocycles. The second kappa shape index (κ2) is 8.38. The summed E-state index contributed by atoms with van der Waals surface area (Å²) < 4.78 is 0. The molecule has 0 radical (unpaired) electrons. The van der Waals surface area contributed by atoms with Gasteiger partial charge in [-0.25, -0.2) is 9.96 Å². The van der Waals surface area contributed by atoms with Crippen LogP contribution in [0.25, 0.3) is 0 Å². The lowest BCUT2D eigenvalue weighted by Gasteiger charge is -2.35. The Morgan fingerprint density at radius 1 is 0.686 bits per heavy atom. The lowest BCUT2D eigenvalue weighted by molar-refractivity contribution is -0.126. The highest BCUT2D eigenvalue weighted by molar-refractivity contribution is 6.31. The highest BCUT2D eigenvalue weighted by atomic mass is 35.5. The van der Waals surface area contributed by atoms with Gasteiger partial charge in [-0.05, 0) is 47.5 Å². The van der Waals surface area contributed by atoms with Crippen molar-refractivity contribution in [3.8, 4) is 0 Å². The van der Waals surface area contributed by atoms with E-state index in [0.29, 0.717) is 10.7 Å². The first kappa shape index (κ1) is 21.6. The minimum atomic E-state index is -1.30. The van der Waals surface area contributed by atoms with Crippen molar-refractivity contribution in [3.05, 3.63) is 131 Å². The fraction of sp³-hybridized carbons (Fsp3) is 0.103. The van der Waals surface area contributed by atoms with E-state index in [9.17, 15) is 9.59 Å². The van der Waals surface area contributed by atoms with Crippen molar-refractivity contribution in [2.24, 2.45) is 0 Å². The smallest absolute Gasteiger partial charge is 0.267 e. The third-order valence-corrected chi connectivity index (χ3v) is 7.01. The fourth-order valence-corrected chi connectivity index (χ4v) is 5.38. The third kappa shape index (κ3) is 3.20. The Hall–Kier alpha value is -3.93. The fourth-order valence-electron chi connectivity index (χ4n) is 5.26. The summed E-state index contributed by atoms with van der Waals surface area (Å²) in [5.74, 6) is -0.728. The van der Waals surface area contributed by atoms with Crippen LogP contribution < -0.4 is 9.96 Å². The number of halogens is 1. The Morgan fingerprint density at radius 2 is 1.26 bits per heavy atom. The van der Waals surface area contributed by atoms with E-state index in [-0.39, 0.29) is 5.91 Å². The largest absolute Gasteiger partial charge is 0.273 e. The molecule has 0 bridgehead atoms. The van der Waals surface area contributed by atoms with Crippen LogP contribution >= 0.6 is 11.6 Å². The highest BCUT2D eigenvalue weighted by Gasteiger charge is 2.72. The predicted octanol–water partition coefficient (Wildman–Crippen LogP) is 5.71. The monoisotopic (exact) mass is 480 g/mol. The molecule has 6 rings (SSSR count). The molecule has 0 aliphatic carbocycles. The molecule has 35 heavy (non-hydrogen) atoms. The van der Waals surface area contributed by atoms with Gasteiger partial charge in [-0.1, -0.05) is 90.5 Å². The normalized spacial score (nSPS) is 23.6. The zero-order chi connectivity index (χ0) is 24.0. The van der Waals surface area contributed by atoms with Crippen molar-refractivity contribution in [2.75, 3.05) is 9.96 Å². The van der Waals surface area contributed by atoms with Crippen LogP contribution in [0.2, 0.25) is 5.02 Å². The molecule has 2 aliphatic rings. The molecular formula is C29H21ClN2O3. The van der Waals surface area contributed by atoms with E-state index in [1.165, 1.54) is 4.90 Å². The summed E-state index contributed by atoms with van der Waals surface area (Å²) >= 11 is 6.08. The quantitative estimate of drug-likeness (QED) is 0.351. The van der Waals surface area contributed by atoms with Crippen molar-refractivity contribution in [1.82, 2.24) is 0 Å². The Kier molecular flexibility index (Phi) is 5.17. The number of benzene rings is 4. The number of amides is 2. The summed E-state index contributed by atoms with van der Waals surface area (Å²) in [6.45, 7) is 0. The number of hydrogen-bond acceptors (Lipinski definition) is 4. The van der Waals surface area contributed by atoms with Gasteiger partial charge >= 0.3 is 0 Å². The lowest BCUT2D eigenvalue weighted by atomic mass is 9.69. The van der Waals surface area contributed by atoms with Gasteiger partial charge in [0, 0.05) is 5.02 Å². The van der Waals surface area contributed by atoms with Crippen LogP contribution in [0.1, 0.15) is 17.2 Å². The van der Waals surface area contributed by atoms with Crippen molar-refractivity contribution in [3.63, 3.8) is 0 Å². The number of carbonyl (C=O) groups excluding carboxylic acids is 2. The molecule has 0 saturated carbocycles. The molecule has 2 saturated heterocycles. The third-order valence-electron chi connectivity index (χ3n) is 6.76. The molecule has 3 atom stereocenters. The zero-order valence-corrected chi connectivity index (χ0v) is 19.4. The minimum absolute atomic E-state index is 0.326. The maximum atomic E-state index is 14.5. The standard InChI is InChI=1S/C29H21ClN2O3/c30-22-16-18-23(19-17-22)31-27(33)26-29(28(31)34,21-12-6-2-7-13-21)25(20-10-4-1-5-11-20)32(35-26)24-14-8-3-9-15-24/h1-19,25-26H/t25-,26+,29+/m1/s1. The van der Waals surface area contributed by atoms with E-state index in [4.69, 9.17) is 16.4 Å². The molecule has 172 valence electrons. The Labute approximate surface area is 208 Å². The molecular weight excluding hydrogens is 460 g/mol. The zero-order valence-electron chi connectivity index (χ0n) is 18.6. The molecule has 0 spiro atoms. The summed E-state index contributed by atoms with van der Waals surface area (Å²) in [7, 11) is 0. The Morgan fingerprint density at radius 3 is 1.89 bits per heavy atom. The van der Waals surface area contributed by atoms with Gasteiger partial charge in [0.05, 0.1) is 11.4 Å². The second-order valence-electron chi connectivity index (χ2n) is 8.65. The van der Waals surface area contributed by atoms with Gasteiger partial charge in [0.2, 0.25) is 5.91 Å². The molecule has 2 fully saturated rings. The predicted molar refractivity (Wildman–Crippen MR) is 135 cm³/mol. The number of hydroxylamine groups is 1. The average molecular weight is 481 g/mol. The Balaban J connectivity index is 1.61. The molecule has 2 heterocycles. The van der Waals surface area contributed by atoms with Crippen LogP contribution in [-0.2, 0) is 19.8 Å². The van der Waals surface area contributed by atoms with Crippen LogP contribution in [0.3, 0.4) is 0 Å². The number of nitrogens with zero attached hydrogens (tertiary/aromatic N) is 2. The summed E-state index contributed by atoms with van der Waals surface area (Å²) in [5, 5.41) is 2.25. The minimum Gasteiger partial charge on any atom is -0.273 e. The molecule has 6 heteroatoms. The van der Waals surface area contributed by atoms with Crippen LogP contribution in [-0.4, -0.2) is 17.9 Å². The van der Waals surface area contributed by atoms with Crippen molar-refractivity contribution in [1.29, 1.82) is 0 Å². The van der Waals surface area contributed by atoms with Gasteiger partial charge < -0.3 is 0 Å². The van der Waals surface area contributed by atoms with Crippen molar-refractivity contribution >= 4 is 34.8 Å². The van der Waals surface area contributed by atoms with E-state index < -0.39 is 23.5 Å². The van der Waals surface area contributed by atoms with Crippen LogP contribution in [0, 0.1) is 0 Å². The van der Waals surface area contributed by atoms with E-state index in [2.05, 4.69) is 0 Å². The number of hydrogen-bond donors (Lipinski definition) is 0. The van der Waals surface area contributed by atoms with Crippen molar-refractivity contribution < 1.29 is 14.4 Å². The molecule has 5 nitrogen and oxygen atoms in total. The maximum Gasteiger partial charge on any atom is 0.267 e. The number of para-hydroxylation sites is 1. The maximum absolute atomic E-state index is 14.5. The molecule has 2 aliphatic heterocycles. The Bertz CT molecular complexity index is 1380. The highest BCUT2D eigenvalue weighted by Crippen LogP contribution is 2.57. The van der Waals surface area contributed by atoms with Gasteiger partial charge in [-0.2, -0.15) is 0 Å². The first-order chi connectivity index (χ1) is 17.1. The first-order valence-electron chi connectivity index (χ1n) is 11.4. The molecule has 2 amide bonds.